The fourth-order valence-electron chi connectivity index (χ4n) is 1.47. The Balaban J connectivity index is 3.02. The summed E-state index contributed by atoms with van der Waals surface area (Å²) in [6, 6.07) is 2.04. The second-order valence-corrected chi connectivity index (χ2v) is 6.21. The van der Waals surface area contributed by atoms with Gasteiger partial charge in [0.15, 0.2) is 0 Å². The Morgan fingerprint density at radius 1 is 1.38 bits per heavy atom. The number of rotatable bonds is 4. The molecule has 1 aromatic rings. The molecule has 1 aromatic carbocycles. The van der Waals surface area contributed by atoms with Gasteiger partial charge in [0.05, 0.1) is 11.3 Å². The Bertz CT molecular complexity index is 659. The number of halogens is 4. The van der Waals surface area contributed by atoms with E-state index in [0.29, 0.717) is 0 Å². The Hall–Kier alpha value is -1.32. The van der Waals surface area contributed by atoms with Gasteiger partial charge < -0.3 is 5.32 Å². The maximum absolute atomic E-state index is 12.0. The van der Waals surface area contributed by atoms with E-state index in [9.17, 15) is 26.4 Å². The zero-order valence-corrected chi connectivity index (χ0v) is 12.4. The van der Waals surface area contributed by atoms with E-state index < -0.39 is 35.1 Å². The zero-order chi connectivity index (χ0) is 16.4. The molecule has 21 heavy (non-hydrogen) atoms. The van der Waals surface area contributed by atoms with Crippen LogP contribution < -0.4 is 10.5 Å². The number of hydrogen-bond acceptors (Lipinski definition) is 3. The van der Waals surface area contributed by atoms with E-state index in [1.165, 1.54) is 6.92 Å². The van der Waals surface area contributed by atoms with E-state index in [2.05, 4.69) is 0 Å². The molecule has 0 fully saturated rings. The summed E-state index contributed by atoms with van der Waals surface area (Å²) in [6.07, 6.45) is -5.59. The predicted octanol–water partition coefficient (Wildman–Crippen LogP) is 1.98. The quantitative estimate of drug-likeness (QED) is 0.875. The average Bonchev–Trinajstić information content (AvgIpc) is 2.29. The zero-order valence-electron chi connectivity index (χ0n) is 10.8. The molecule has 0 heterocycles. The standard InChI is InChI=1S/C11H12ClF3N2O3S/c1-6-8(10(18)17-3-2-11(13,14)15)4-7(5-9(6)12)21(16,19)20/h4-5H,2-3H2,1H3,(H,17,18)(H2,16,19,20). The van der Waals surface area contributed by atoms with E-state index in [1.807, 2.05) is 5.32 Å². The van der Waals surface area contributed by atoms with Gasteiger partial charge in [-0.1, -0.05) is 11.6 Å². The van der Waals surface area contributed by atoms with Crippen LogP contribution >= 0.6 is 11.6 Å². The molecule has 0 saturated carbocycles. The van der Waals surface area contributed by atoms with Crippen LogP contribution in [-0.2, 0) is 10.0 Å². The molecule has 1 amide bonds. The van der Waals surface area contributed by atoms with Crippen LogP contribution in [-0.4, -0.2) is 27.0 Å². The molecule has 3 N–H and O–H groups in total. The maximum Gasteiger partial charge on any atom is 0.390 e. The normalized spacial score (nSPS) is 12.3. The van der Waals surface area contributed by atoms with Gasteiger partial charge in [0.2, 0.25) is 10.0 Å². The summed E-state index contributed by atoms with van der Waals surface area (Å²) in [5.74, 6) is -0.857. The molecule has 0 aliphatic rings. The second-order valence-electron chi connectivity index (χ2n) is 4.24. The Kier molecular flexibility index (Phi) is 5.24. The van der Waals surface area contributed by atoms with Crippen LogP contribution in [0.3, 0.4) is 0 Å². The van der Waals surface area contributed by atoms with Crippen LogP contribution in [0, 0.1) is 6.92 Å². The topological polar surface area (TPSA) is 89.3 Å². The fourth-order valence-corrected chi connectivity index (χ4v) is 2.32. The molecule has 0 aromatic heterocycles. The first-order valence-corrected chi connectivity index (χ1v) is 7.52. The molecular weight excluding hydrogens is 333 g/mol. The minimum Gasteiger partial charge on any atom is -0.352 e. The summed E-state index contributed by atoms with van der Waals surface area (Å²) < 4.78 is 58.5. The number of alkyl halides is 3. The lowest BCUT2D eigenvalue weighted by Gasteiger charge is -2.11. The largest absolute Gasteiger partial charge is 0.390 e. The van der Waals surface area contributed by atoms with E-state index in [4.69, 9.17) is 16.7 Å². The summed E-state index contributed by atoms with van der Waals surface area (Å²) in [6.45, 7) is 0.812. The summed E-state index contributed by atoms with van der Waals surface area (Å²) in [5, 5.41) is 6.96. The maximum atomic E-state index is 12.0. The van der Waals surface area contributed by atoms with Gasteiger partial charge in [-0.15, -0.1) is 0 Å². The van der Waals surface area contributed by atoms with Gasteiger partial charge in [0, 0.05) is 17.1 Å². The van der Waals surface area contributed by atoms with E-state index in [0.717, 1.165) is 12.1 Å². The van der Waals surface area contributed by atoms with Crippen molar-refractivity contribution in [2.75, 3.05) is 6.54 Å². The number of benzene rings is 1. The Morgan fingerprint density at radius 2 is 1.95 bits per heavy atom. The molecule has 0 aliphatic heterocycles. The molecule has 5 nitrogen and oxygen atoms in total. The third-order valence-electron chi connectivity index (χ3n) is 2.59. The van der Waals surface area contributed by atoms with Crippen molar-refractivity contribution in [2.45, 2.75) is 24.4 Å². The molecule has 0 saturated heterocycles. The molecule has 1 rings (SSSR count). The minimum absolute atomic E-state index is 0.0255. The highest BCUT2D eigenvalue weighted by molar-refractivity contribution is 7.89. The van der Waals surface area contributed by atoms with Gasteiger partial charge in [-0.3, -0.25) is 4.79 Å². The summed E-state index contributed by atoms with van der Waals surface area (Å²) >= 11 is 5.80. The lowest BCUT2D eigenvalue weighted by molar-refractivity contribution is -0.132. The van der Waals surface area contributed by atoms with Crippen molar-refractivity contribution in [3.05, 3.63) is 28.3 Å². The smallest absolute Gasteiger partial charge is 0.352 e. The summed E-state index contributed by atoms with van der Waals surface area (Å²) in [5.41, 5.74) is 0.0993. The third kappa shape index (κ3) is 5.18. The van der Waals surface area contributed by atoms with Crippen molar-refractivity contribution >= 4 is 27.5 Å². The Morgan fingerprint density at radius 3 is 2.43 bits per heavy atom. The number of primary sulfonamides is 1. The number of nitrogens with two attached hydrogens (primary N) is 1. The van der Waals surface area contributed by atoms with Crippen molar-refractivity contribution in [3.63, 3.8) is 0 Å². The number of nitrogens with one attached hydrogen (secondary N) is 1. The molecule has 0 radical (unpaired) electrons. The van der Waals surface area contributed by atoms with Gasteiger partial charge in [0.25, 0.3) is 5.91 Å². The third-order valence-corrected chi connectivity index (χ3v) is 3.87. The van der Waals surface area contributed by atoms with Crippen LogP contribution in [0.4, 0.5) is 13.2 Å². The molecule has 10 heteroatoms. The number of hydrogen-bond donors (Lipinski definition) is 2. The minimum atomic E-state index is -4.40. The number of carbonyl (C=O) groups is 1. The molecule has 118 valence electrons. The van der Waals surface area contributed by atoms with Gasteiger partial charge in [-0.25, -0.2) is 13.6 Å². The number of sulfonamides is 1. The van der Waals surface area contributed by atoms with Crippen LogP contribution in [0.25, 0.3) is 0 Å². The molecule has 0 aliphatic carbocycles. The first kappa shape index (κ1) is 17.7. The van der Waals surface area contributed by atoms with Crippen molar-refractivity contribution in [1.29, 1.82) is 0 Å². The highest BCUT2D eigenvalue weighted by Crippen LogP contribution is 2.24. The Labute approximate surface area is 124 Å². The number of amides is 1. The van der Waals surface area contributed by atoms with Gasteiger partial charge in [0.1, 0.15) is 0 Å². The van der Waals surface area contributed by atoms with Gasteiger partial charge in [-0.05, 0) is 24.6 Å². The van der Waals surface area contributed by atoms with Crippen molar-refractivity contribution < 1.29 is 26.4 Å². The molecular formula is C11H12ClF3N2O3S. The van der Waals surface area contributed by atoms with Crippen molar-refractivity contribution in [2.24, 2.45) is 5.14 Å². The van der Waals surface area contributed by atoms with Crippen molar-refractivity contribution in [3.8, 4) is 0 Å². The van der Waals surface area contributed by atoms with Crippen molar-refractivity contribution in [1.82, 2.24) is 5.32 Å². The van der Waals surface area contributed by atoms with Crippen LogP contribution in [0.5, 0.6) is 0 Å². The molecule has 0 atom stereocenters. The SMILES string of the molecule is Cc1c(Cl)cc(S(N)(=O)=O)cc1C(=O)NCCC(F)(F)F. The van der Waals surface area contributed by atoms with Gasteiger partial charge >= 0.3 is 6.18 Å². The fraction of sp³-hybridized carbons (Fsp3) is 0.364. The number of carbonyl (C=O) groups excluding carboxylic acids is 1. The summed E-state index contributed by atoms with van der Waals surface area (Å²) in [4.78, 5) is 11.4. The average molecular weight is 345 g/mol. The lowest BCUT2D eigenvalue weighted by Crippen LogP contribution is -2.28. The first-order valence-electron chi connectivity index (χ1n) is 5.60. The molecule has 0 unspecified atom stereocenters. The summed E-state index contributed by atoms with van der Waals surface area (Å²) in [7, 11) is -4.09. The van der Waals surface area contributed by atoms with Gasteiger partial charge in [-0.2, -0.15) is 13.2 Å². The highest BCUT2D eigenvalue weighted by atomic mass is 35.5. The molecule has 0 spiro atoms. The van der Waals surface area contributed by atoms with Crippen LogP contribution in [0.15, 0.2) is 17.0 Å². The van der Waals surface area contributed by atoms with Crippen LogP contribution in [0.2, 0.25) is 5.02 Å². The van der Waals surface area contributed by atoms with E-state index in [1.54, 1.807) is 0 Å². The lowest BCUT2D eigenvalue weighted by atomic mass is 10.1. The second kappa shape index (κ2) is 6.20. The molecule has 0 bridgehead atoms. The van der Waals surface area contributed by atoms with E-state index in [-0.39, 0.29) is 21.0 Å². The van der Waals surface area contributed by atoms with Crippen LogP contribution in [0.1, 0.15) is 22.3 Å². The predicted molar refractivity (Wildman–Crippen MR) is 70.6 cm³/mol. The van der Waals surface area contributed by atoms with E-state index >= 15 is 0 Å². The monoisotopic (exact) mass is 344 g/mol. The first-order chi connectivity index (χ1) is 9.42. The highest BCUT2D eigenvalue weighted by Gasteiger charge is 2.27.